The van der Waals surface area contributed by atoms with E-state index < -0.39 is 0 Å². The molecule has 2 rings (SSSR count). The molecule has 4 nitrogen and oxygen atoms in total. The molecule has 1 N–H and O–H groups in total. The van der Waals surface area contributed by atoms with E-state index in [0.29, 0.717) is 19.8 Å². The van der Waals surface area contributed by atoms with E-state index in [-0.39, 0.29) is 6.10 Å². The third kappa shape index (κ3) is 7.23. The van der Waals surface area contributed by atoms with Crippen molar-refractivity contribution >= 4 is 0 Å². The number of hydrogen-bond acceptors (Lipinski definition) is 4. The molecule has 1 aliphatic rings. The van der Waals surface area contributed by atoms with Crippen molar-refractivity contribution < 1.29 is 19.3 Å². The summed E-state index contributed by atoms with van der Waals surface area (Å²) in [5.74, 6) is 1.64. The minimum absolute atomic E-state index is 0.00331. The van der Waals surface area contributed by atoms with Crippen molar-refractivity contribution in [1.29, 1.82) is 0 Å². The van der Waals surface area contributed by atoms with Crippen LogP contribution in [0.25, 0.3) is 0 Å². The maximum Gasteiger partial charge on any atom is 0.161 e. The fourth-order valence-corrected chi connectivity index (χ4v) is 2.74. The lowest BCUT2D eigenvalue weighted by Crippen LogP contribution is -2.33. The third-order valence-electron chi connectivity index (χ3n) is 4.07. The number of hydrogen-bond donors (Lipinski definition) is 1. The zero-order valence-electron chi connectivity index (χ0n) is 14.0. The second-order valence-electron chi connectivity index (χ2n) is 6.12. The molecular formula is C19H30O4. The molecule has 1 aromatic carbocycles. The van der Waals surface area contributed by atoms with Gasteiger partial charge in [-0.2, -0.15) is 0 Å². The molecule has 23 heavy (non-hydrogen) atoms. The first-order valence-corrected chi connectivity index (χ1v) is 8.97. The van der Waals surface area contributed by atoms with Crippen LogP contribution in [-0.4, -0.2) is 37.6 Å². The minimum Gasteiger partial charge on any atom is -0.486 e. The number of ether oxygens (including phenoxy) is 3. The highest BCUT2D eigenvalue weighted by Crippen LogP contribution is 2.30. The van der Waals surface area contributed by atoms with E-state index in [1.807, 2.05) is 24.3 Å². The monoisotopic (exact) mass is 322 g/mol. The van der Waals surface area contributed by atoms with E-state index in [9.17, 15) is 0 Å². The first-order chi connectivity index (χ1) is 11.4. The molecule has 1 atom stereocenters. The molecule has 1 unspecified atom stereocenters. The molecule has 1 aromatic rings. The average Bonchev–Trinajstić information content (AvgIpc) is 2.59. The van der Waals surface area contributed by atoms with Crippen molar-refractivity contribution in [3.05, 3.63) is 24.3 Å². The lowest BCUT2D eigenvalue weighted by atomic mass is 10.1. The average molecular weight is 322 g/mol. The zero-order valence-corrected chi connectivity index (χ0v) is 14.0. The number of benzene rings is 1. The van der Waals surface area contributed by atoms with Gasteiger partial charge in [-0.25, -0.2) is 0 Å². The Hall–Kier alpha value is -1.26. The summed E-state index contributed by atoms with van der Waals surface area (Å²) in [7, 11) is 0. The molecule has 0 bridgehead atoms. The number of para-hydroxylation sites is 2. The fourth-order valence-electron chi connectivity index (χ4n) is 2.74. The van der Waals surface area contributed by atoms with Crippen molar-refractivity contribution in [2.75, 3.05) is 26.4 Å². The SMILES string of the molecule is OCCCCCCCCCCOCC1COc2ccccc2O1. The summed E-state index contributed by atoms with van der Waals surface area (Å²) < 4.78 is 17.2. The highest BCUT2D eigenvalue weighted by Gasteiger charge is 2.20. The predicted octanol–water partition coefficient (Wildman–Crippen LogP) is 3.96. The Bertz CT molecular complexity index is 422. The quantitative estimate of drug-likeness (QED) is 0.592. The smallest absolute Gasteiger partial charge is 0.161 e. The number of aliphatic hydroxyl groups is 1. The lowest BCUT2D eigenvalue weighted by molar-refractivity contribution is 0.00778. The van der Waals surface area contributed by atoms with Crippen molar-refractivity contribution in [3.8, 4) is 11.5 Å². The second kappa shape index (κ2) is 11.3. The summed E-state index contributed by atoms with van der Waals surface area (Å²) in [4.78, 5) is 0. The normalized spacial score (nSPS) is 16.5. The summed E-state index contributed by atoms with van der Waals surface area (Å²) in [5.41, 5.74) is 0. The summed E-state index contributed by atoms with van der Waals surface area (Å²) in [6.45, 7) is 2.28. The lowest BCUT2D eigenvalue weighted by Gasteiger charge is -2.26. The number of aliphatic hydroxyl groups excluding tert-OH is 1. The van der Waals surface area contributed by atoms with E-state index >= 15 is 0 Å². The third-order valence-corrected chi connectivity index (χ3v) is 4.07. The van der Waals surface area contributed by atoms with Gasteiger partial charge < -0.3 is 19.3 Å². The summed E-state index contributed by atoms with van der Waals surface area (Å²) in [6, 6.07) is 7.76. The molecule has 0 aromatic heterocycles. The Morgan fingerprint density at radius 1 is 0.913 bits per heavy atom. The van der Waals surface area contributed by atoms with E-state index in [4.69, 9.17) is 19.3 Å². The largest absolute Gasteiger partial charge is 0.486 e. The van der Waals surface area contributed by atoms with Gasteiger partial charge in [0.05, 0.1) is 6.61 Å². The minimum atomic E-state index is -0.00331. The Kier molecular flexibility index (Phi) is 8.89. The van der Waals surface area contributed by atoms with Gasteiger partial charge in [0.2, 0.25) is 0 Å². The van der Waals surface area contributed by atoms with Crippen LogP contribution in [0.3, 0.4) is 0 Å². The standard InChI is InChI=1S/C19H30O4/c20-13-9-5-3-1-2-4-6-10-14-21-15-17-16-22-18-11-7-8-12-19(18)23-17/h7-8,11-12,17,20H,1-6,9-10,13-16H2. The van der Waals surface area contributed by atoms with Gasteiger partial charge in [-0.15, -0.1) is 0 Å². The van der Waals surface area contributed by atoms with Crippen LogP contribution in [-0.2, 0) is 4.74 Å². The Morgan fingerprint density at radius 3 is 2.30 bits per heavy atom. The topological polar surface area (TPSA) is 47.9 Å². The van der Waals surface area contributed by atoms with Crippen LogP contribution >= 0.6 is 0 Å². The van der Waals surface area contributed by atoms with Crippen molar-refractivity contribution in [3.63, 3.8) is 0 Å². The molecule has 130 valence electrons. The molecule has 0 saturated carbocycles. The van der Waals surface area contributed by atoms with E-state index in [1.54, 1.807) is 0 Å². The fraction of sp³-hybridized carbons (Fsp3) is 0.684. The zero-order chi connectivity index (χ0) is 16.2. The van der Waals surface area contributed by atoms with Gasteiger partial charge in [-0.3, -0.25) is 0 Å². The summed E-state index contributed by atoms with van der Waals surface area (Å²) in [5, 5.41) is 8.70. The highest BCUT2D eigenvalue weighted by molar-refractivity contribution is 5.40. The van der Waals surface area contributed by atoms with Crippen LogP contribution < -0.4 is 9.47 Å². The molecule has 0 amide bonds. The van der Waals surface area contributed by atoms with Gasteiger partial charge in [-0.1, -0.05) is 50.7 Å². The summed E-state index contributed by atoms with van der Waals surface area (Å²) >= 11 is 0. The van der Waals surface area contributed by atoms with Crippen molar-refractivity contribution in [2.45, 2.75) is 57.5 Å². The van der Waals surface area contributed by atoms with Gasteiger partial charge in [0.15, 0.2) is 17.6 Å². The van der Waals surface area contributed by atoms with E-state index in [2.05, 4.69) is 0 Å². The Morgan fingerprint density at radius 2 is 1.57 bits per heavy atom. The highest BCUT2D eigenvalue weighted by atomic mass is 16.6. The van der Waals surface area contributed by atoms with Crippen molar-refractivity contribution in [1.82, 2.24) is 0 Å². The van der Waals surface area contributed by atoms with Crippen LogP contribution in [0.15, 0.2) is 24.3 Å². The van der Waals surface area contributed by atoms with E-state index in [1.165, 1.54) is 32.1 Å². The number of fused-ring (bicyclic) bond motifs is 1. The van der Waals surface area contributed by atoms with Gasteiger partial charge in [0.1, 0.15) is 6.61 Å². The molecule has 4 heteroatoms. The van der Waals surface area contributed by atoms with Gasteiger partial charge in [0.25, 0.3) is 0 Å². The van der Waals surface area contributed by atoms with Gasteiger partial charge >= 0.3 is 0 Å². The molecule has 0 fully saturated rings. The number of unbranched alkanes of at least 4 members (excludes halogenated alkanes) is 7. The molecule has 0 spiro atoms. The molecule has 0 radical (unpaired) electrons. The summed E-state index contributed by atoms with van der Waals surface area (Å²) in [6.07, 6.45) is 9.55. The molecule has 1 aliphatic heterocycles. The first-order valence-electron chi connectivity index (χ1n) is 8.97. The molecule has 1 heterocycles. The van der Waals surface area contributed by atoms with Gasteiger partial charge in [0, 0.05) is 13.2 Å². The molecule has 0 aliphatic carbocycles. The van der Waals surface area contributed by atoms with Crippen LogP contribution in [0.2, 0.25) is 0 Å². The van der Waals surface area contributed by atoms with E-state index in [0.717, 1.165) is 37.4 Å². The van der Waals surface area contributed by atoms with Gasteiger partial charge in [-0.05, 0) is 25.0 Å². The van der Waals surface area contributed by atoms with Crippen LogP contribution in [0.1, 0.15) is 51.4 Å². The predicted molar refractivity (Wildman–Crippen MR) is 91.2 cm³/mol. The first kappa shape index (κ1) is 18.1. The second-order valence-corrected chi connectivity index (χ2v) is 6.12. The number of rotatable bonds is 12. The Balaban J connectivity index is 1.41. The maximum atomic E-state index is 8.70. The van der Waals surface area contributed by atoms with Crippen LogP contribution in [0.4, 0.5) is 0 Å². The van der Waals surface area contributed by atoms with Crippen molar-refractivity contribution in [2.24, 2.45) is 0 Å². The maximum absolute atomic E-state index is 8.70. The Labute approximate surface area is 139 Å². The molecule has 0 saturated heterocycles. The van der Waals surface area contributed by atoms with Crippen LogP contribution in [0.5, 0.6) is 11.5 Å². The molecular weight excluding hydrogens is 292 g/mol. The van der Waals surface area contributed by atoms with Crippen LogP contribution in [0, 0.1) is 0 Å².